The van der Waals surface area contributed by atoms with Gasteiger partial charge in [-0.15, -0.1) is 0 Å². The Labute approximate surface area is 209 Å². The van der Waals surface area contributed by atoms with Gasteiger partial charge in [0.05, 0.1) is 0 Å². The van der Waals surface area contributed by atoms with Crippen molar-refractivity contribution in [3.8, 4) is 22.3 Å². The third-order valence-electron chi connectivity index (χ3n) is 7.42. The third kappa shape index (κ3) is 3.86. The second kappa shape index (κ2) is 8.09. The number of anilines is 2. The molecule has 0 aliphatic heterocycles. The van der Waals surface area contributed by atoms with Crippen molar-refractivity contribution in [2.24, 2.45) is 0 Å². The first-order valence-corrected chi connectivity index (χ1v) is 12.4. The number of halogens is 1. The molecular weight excluding hydrogens is 429 g/mol. The number of benzene rings is 4. The minimum absolute atomic E-state index is 0.152. The molecule has 0 heterocycles. The van der Waals surface area contributed by atoms with Gasteiger partial charge in [-0.3, -0.25) is 0 Å². The van der Waals surface area contributed by atoms with E-state index in [1.807, 2.05) is 6.07 Å². The molecule has 2 heteroatoms. The van der Waals surface area contributed by atoms with Crippen molar-refractivity contribution < 1.29 is 4.39 Å². The minimum Gasteiger partial charge on any atom is -0.336 e. The van der Waals surface area contributed by atoms with Gasteiger partial charge in [0.2, 0.25) is 0 Å². The molecule has 1 nitrogen and oxygen atoms in total. The Morgan fingerprint density at radius 3 is 2.00 bits per heavy atom. The van der Waals surface area contributed by atoms with Crippen LogP contribution in [0.3, 0.4) is 0 Å². The topological polar surface area (TPSA) is 3.24 Å². The Morgan fingerprint density at radius 1 is 0.657 bits per heavy atom. The summed E-state index contributed by atoms with van der Waals surface area (Å²) in [6.45, 7) is 15.6. The van der Waals surface area contributed by atoms with Gasteiger partial charge in [0.1, 0.15) is 5.82 Å². The number of fused-ring (bicyclic) bond motifs is 3. The van der Waals surface area contributed by atoms with Crippen molar-refractivity contribution in [2.45, 2.75) is 59.4 Å². The van der Waals surface area contributed by atoms with Gasteiger partial charge in [-0.1, -0.05) is 62.4 Å². The molecule has 0 radical (unpaired) electrons. The van der Waals surface area contributed by atoms with Crippen LogP contribution >= 0.6 is 0 Å². The van der Waals surface area contributed by atoms with E-state index in [1.165, 1.54) is 44.8 Å². The molecule has 0 fully saturated rings. The lowest BCUT2D eigenvalue weighted by molar-refractivity contribution is 0.557. The third-order valence-corrected chi connectivity index (χ3v) is 7.42. The average Bonchev–Trinajstić information content (AvgIpc) is 3.01. The van der Waals surface area contributed by atoms with E-state index in [1.54, 1.807) is 12.1 Å². The first-order chi connectivity index (χ1) is 16.5. The molecule has 0 saturated heterocycles. The van der Waals surface area contributed by atoms with Gasteiger partial charge >= 0.3 is 0 Å². The molecule has 0 unspecified atom stereocenters. The van der Waals surface area contributed by atoms with Crippen molar-refractivity contribution in [1.29, 1.82) is 0 Å². The fraction of sp³-hybridized carbons (Fsp3) is 0.273. The smallest absolute Gasteiger partial charge is 0.123 e. The van der Waals surface area contributed by atoms with Crippen LogP contribution in [0.25, 0.3) is 22.3 Å². The van der Waals surface area contributed by atoms with Gasteiger partial charge in [0, 0.05) is 22.3 Å². The van der Waals surface area contributed by atoms with Gasteiger partial charge in [0.25, 0.3) is 0 Å². The van der Waals surface area contributed by atoms with E-state index >= 15 is 0 Å². The zero-order valence-electron chi connectivity index (χ0n) is 21.8. The zero-order chi connectivity index (χ0) is 25.1. The van der Waals surface area contributed by atoms with Crippen molar-refractivity contribution in [3.05, 3.63) is 107 Å². The summed E-state index contributed by atoms with van der Waals surface area (Å²) in [5, 5.41) is 0. The Kier molecular flexibility index (Phi) is 5.40. The average molecular weight is 464 g/mol. The summed E-state index contributed by atoms with van der Waals surface area (Å²) in [6, 6.07) is 27.2. The molecule has 4 aromatic carbocycles. The molecule has 1 aliphatic carbocycles. The van der Waals surface area contributed by atoms with Crippen LogP contribution in [-0.4, -0.2) is 5.54 Å². The van der Waals surface area contributed by atoms with Crippen LogP contribution in [0.5, 0.6) is 0 Å². The number of hydrogen-bond acceptors (Lipinski definition) is 1. The predicted octanol–water partition coefficient (Wildman–Crippen LogP) is 9.35. The molecule has 4 aromatic rings. The Hall–Kier alpha value is -3.39. The van der Waals surface area contributed by atoms with E-state index < -0.39 is 0 Å². The van der Waals surface area contributed by atoms with Gasteiger partial charge in [-0.25, -0.2) is 4.39 Å². The molecule has 178 valence electrons. The van der Waals surface area contributed by atoms with Crippen molar-refractivity contribution >= 4 is 11.4 Å². The van der Waals surface area contributed by atoms with E-state index in [-0.39, 0.29) is 16.8 Å². The normalized spacial score (nSPS) is 13.9. The van der Waals surface area contributed by atoms with Crippen molar-refractivity contribution in [3.63, 3.8) is 0 Å². The van der Waals surface area contributed by atoms with Gasteiger partial charge < -0.3 is 4.90 Å². The van der Waals surface area contributed by atoms with Crippen LogP contribution in [0.1, 0.15) is 56.9 Å². The molecule has 0 bridgehead atoms. The second-order valence-corrected chi connectivity index (χ2v) is 11.4. The van der Waals surface area contributed by atoms with Gasteiger partial charge in [-0.05, 0) is 109 Å². The highest BCUT2D eigenvalue weighted by atomic mass is 19.1. The highest BCUT2D eigenvalue weighted by molar-refractivity contribution is 5.86. The van der Waals surface area contributed by atoms with Crippen LogP contribution in [0, 0.1) is 19.7 Å². The molecule has 5 rings (SSSR count). The van der Waals surface area contributed by atoms with Gasteiger partial charge in [0.15, 0.2) is 0 Å². The number of rotatable bonds is 3. The minimum atomic E-state index is -0.264. The summed E-state index contributed by atoms with van der Waals surface area (Å²) in [4.78, 5) is 2.48. The second-order valence-electron chi connectivity index (χ2n) is 11.4. The number of hydrogen-bond donors (Lipinski definition) is 0. The monoisotopic (exact) mass is 463 g/mol. The van der Waals surface area contributed by atoms with E-state index in [4.69, 9.17) is 0 Å². The van der Waals surface area contributed by atoms with Crippen molar-refractivity contribution in [2.75, 3.05) is 4.90 Å². The highest BCUT2D eigenvalue weighted by Crippen LogP contribution is 2.52. The maximum absolute atomic E-state index is 14.2. The molecule has 0 atom stereocenters. The number of nitrogens with zero attached hydrogens (tertiary/aromatic N) is 1. The maximum atomic E-state index is 14.2. The largest absolute Gasteiger partial charge is 0.336 e. The van der Waals surface area contributed by atoms with Crippen LogP contribution in [-0.2, 0) is 5.41 Å². The summed E-state index contributed by atoms with van der Waals surface area (Å²) >= 11 is 0. The summed E-state index contributed by atoms with van der Waals surface area (Å²) in [5.74, 6) is -0.175. The Balaban J connectivity index is 1.72. The molecule has 35 heavy (non-hydrogen) atoms. The van der Waals surface area contributed by atoms with E-state index in [9.17, 15) is 4.39 Å². The van der Waals surface area contributed by atoms with Crippen LogP contribution in [0.15, 0.2) is 78.9 Å². The highest BCUT2D eigenvalue weighted by Gasteiger charge is 2.37. The van der Waals surface area contributed by atoms with Gasteiger partial charge in [-0.2, -0.15) is 0 Å². The summed E-state index contributed by atoms with van der Waals surface area (Å²) < 4.78 is 14.2. The quantitative estimate of drug-likeness (QED) is 0.292. The van der Waals surface area contributed by atoms with E-state index in [2.05, 4.69) is 114 Å². The Bertz CT molecular complexity index is 1420. The lowest BCUT2D eigenvalue weighted by Crippen LogP contribution is -2.38. The maximum Gasteiger partial charge on any atom is 0.123 e. The lowest BCUT2D eigenvalue weighted by atomic mass is 9.81. The van der Waals surface area contributed by atoms with Crippen LogP contribution in [0.4, 0.5) is 15.8 Å². The zero-order valence-corrected chi connectivity index (χ0v) is 21.8. The van der Waals surface area contributed by atoms with Crippen LogP contribution < -0.4 is 4.90 Å². The molecule has 0 spiro atoms. The molecule has 0 N–H and O–H groups in total. The van der Waals surface area contributed by atoms with Crippen molar-refractivity contribution in [1.82, 2.24) is 0 Å². The molecule has 0 aromatic heterocycles. The molecule has 0 saturated carbocycles. The molecular formula is C33H34FN. The molecule has 0 amide bonds. The molecule has 1 aliphatic rings. The summed E-state index contributed by atoms with van der Waals surface area (Å²) in [6.07, 6.45) is 0. The summed E-state index contributed by atoms with van der Waals surface area (Å²) in [5.41, 5.74) is 11.6. The lowest BCUT2D eigenvalue weighted by Gasteiger charge is -2.40. The summed E-state index contributed by atoms with van der Waals surface area (Å²) in [7, 11) is 0. The van der Waals surface area contributed by atoms with E-state index in [0.29, 0.717) is 0 Å². The first-order valence-electron chi connectivity index (χ1n) is 12.4. The Morgan fingerprint density at radius 2 is 1.31 bits per heavy atom. The van der Waals surface area contributed by atoms with Crippen LogP contribution in [0.2, 0.25) is 0 Å². The number of aryl methyl sites for hydroxylation is 2. The SMILES string of the molecule is Cc1ccc(-c2ccccc2)cc1N(c1cc2c(cc1C)-c1ccc(F)cc1C2(C)C)C(C)(C)C. The van der Waals surface area contributed by atoms with E-state index in [0.717, 1.165) is 11.1 Å². The first kappa shape index (κ1) is 23.4. The fourth-order valence-corrected chi connectivity index (χ4v) is 5.60. The standard InChI is InChI=1S/C33H34FN/c1-21-13-14-24(23-11-9-8-10-12-23)18-30(21)35(32(3,4)5)31-20-29-27(17-22(31)2)26-16-15-25(34)19-28(26)33(29,6)7/h8-20H,1-7H3. The fourth-order valence-electron chi connectivity index (χ4n) is 5.60. The predicted molar refractivity (Wildman–Crippen MR) is 147 cm³/mol.